The summed E-state index contributed by atoms with van der Waals surface area (Å²) in [6.45, 7) is 3.69. The Morgan fingerprint density at radius 3 is 2.44 bits per heavy atom. The number of ether oxygens (including phenoxy) is 3. The number of hydrogen-bond acceptors (Lipinski definition) is 7. The van der Waals surface area contributed by atoms with E-state index < -0.39 is 17.6 Å². The van der Waals surface area contributed by atoms with Crippen LogP contribution < -0.4 is 20.5 Å². The van der Waals surface area contributed by atoms with E-state index in [4.69, 9.17) is 19.9 Å². The van der Waals surface area contributed by atoms with E-state index in [2.05, 4.69) is 15.3 Å². The molecular weight excluding hydrogens is 456 g/mol. The van der Waals surface area contributed by atoms with Crippen LogP contribution in [0.15, 0.2) is 24.3 Å². The van der Waals surface area contributed by atoms with Gasteiger partial charge >= 0.3 is 6.18 Å². The zero-order chi connectivity index (χ0) is 25.0. The molecule has 1 unspecified atom stereocenters. The van der Waals surface area contributed by atoms with E-state index in [-0.39, 0.29) is 23.9 Å². The minimum absolute atomic E-state index is 0.196. The fraction of sp³-hybridized carbons (Fsp3) is 0.391. The second kappa shape index (κ2) is 10.3. The molecule has 0 spiro atoms. The first kappa shape index (κ1) is 25.3. The number of alkyl halides is 3. The van der Waals surface area contributed by atoms with E-state index in [1.807, 2.05) is 6.92 Å². The average molecular weight is 482 g/mol. The maximum atomic E-state index is 14.6. The Morgan fingerprint density at radius 2 is 1.82 bits per heavy atom. The number of halogens is 4. The van der Waals surface area contributed by atoms with E-state index in [0.29, 0.717) is 53.1 Å². The first-order chi connectivity index (χ1) is 16.1. The smallest absolute Gasteiger partial charge is 0.419 e. The Kier molecular flexibility index (Phi) is 7.65. The molecule has 1 aromatic heterocycles. The van der Waals surface area contributed by atoms with Crippen LogP contribution in [0.1, 0.15) is 30.3 Å². The Hall–Kier alpha value is -3.34. The topological polar surface area (TPSA) is 91.5 Å². The van der Waals surface area contributed by atoms with Gasteiger partial charge in [0.2, 0.25) is 0 Å². The minimum Gasteiger partial charge on any atom is -0.493 e. The first-order valence-electron chi connectivity index (χ1n) is 10.5. The highest BCUT2D eigenvalue weighted by Gasteiger charge is 2.35. The first-order valence-corrected chi connectivity index (χ1v) is 10.5. The normalized spacial score (nSPS) is 12.6. The number of aryl methyl sites for hydroxylation is 1. The Labute approximate surface area is 194 Å². The summed E-state index contributed by atoms with van der Waals surface area (Å²) < 4.78 is 70.7. The molecule has 1 heterocycles. The van der Waals surface area contributed by atoms with E-state index in [0.717, 1.165) is 6.07 Å². The molecule has 11 heteroatoms. The highest BCUT2D eigenvalue weighted by atomic mass is 19.4. The summed E-state index contributed by atoms with van der Waals surface area (Å²) in [7, 11) is 3.07. The Bertz CT molecular complexity index is 1170. The monoisotopic (exact) mass is 482 g/mol. The molecule has 3 N–H and O–H groups in total. The third kappa shape index (κ3) is 5.58. The van der Waals surface area contributed by atoms with Gasteiger partial charge in [0.1, 0.15) is 23.6 Å². The zero-order valence-electron chi connectivity index (χ0n) is 19.2. The highest BCUT2D eigenvalue weighted by Crippen LogP contribution is 2.37. The summed E-state index contributed by atoms with van der Waals surface area (Å²) in [4.78, 5) is 8.75. The molecule has 0 aliphatic carbocycles. The van der Waals surface area contributed by atoms with Gasteiger partial charge in [-0.2, -0.15) is 13.2 Å². The molecule has 184 valence electrons. The van der Waals surface area contributed by atoms with Crippen LogP contribution >= 0.6 is 0 Å². The summed E-state index contributed by atoms with van der Waals surface area (Å²) >= 11 is 0. The Morgan fingerprint density at radius 1 is 1.09 bits per heavy atom. The molecule has 3 rings (SSSR count). The van der Waals surface area contributed by atoms with E-state index >= 15 is 0 Å². The summed E-state index contributed by atoms with van der Waals surface area (Å²) in [5.74, 6) is 0.178. The number of rotatable bonds is 9. The largest absolute Gasteiger partial charge is 0.493 e. The maximum absolute atomic E-state index is 14.6. The van der Waals surface area contributed by atoms with Crippen molar-refractivity contribution in [2.24, 2.45) is 0 Å². The van der Waals surface area contributed by atoms with E-state index in [1.54, 1.807) is 26.2 Å². The molecule has 0 aliphatic heterocycles. The summed E-state index contributed by atoms with van der Waals surface area (Å²) in [5.41, 5.74) is 4.24. The van der Waals surface area contributed by atoms with Gasteiger partial charge in [-0.05, 0) is 31.5 Å². The summed E-state index contributed by atoms with van der Waals surface area (Å²) in [5, 5.41) is 3.44. The third-order valence-electron chi connectivity index (χ3n) is 5.12. The van der Waals surface area contributed by atoms with Crippen LogP contribution in [-0.2, 0) is 17.5 Å². The number of nitrogens with one attached hydrogen (secondary N) is 1. The maximum Gasteiger partial charge on any atom is 0.419 e. The lowest BCUT2D eigenvalue weighted by Gasteiger charge is -2.20. The van der Waals surface area contributed by atoms with Crippen LogP contribution in [0.25, 0.3) is 10.9 Å². The van der Waals surface area contributed by atoms with Gasteiger partial charge in [-0.3, -0.25) is 0 Å². The van der Waals surface area contributed by atoms with E-state index in [1.165, 1.54) is 7.11 Å². The molecule has 0 saturated carbocycles. The minimum atomic E-state index is -4.87. The van der Waals surface area contributed by atoms with Crippen molar-refractivity contribution < 1.29 is 31.8 Å². The molecule has 0 saturated heterocycles. The zero-order valence-corrected chi connectivity index (χ0v) is 19.2. The van der Waals surface area contributed by atoms with Gasteiger partial charge in [-0.25, -0.2) is 14.4 Å². The van der Waals surface area contributed by atoms with Crippen molar-refractivity contribution in [2.75, 3.05) is 31.9 Å². The van der Waals surface area contributed by atoms with Crippen LogP contribution in [-0.4, -0.2) is 36.9 Å². The number of fused-ring (bicyclic) bond motifs is 1. The van der Waals surface area contributed by atoms with Crippen LogP contribution in [0.5, 0.6) is 11.5 Å². The van der Waals surface area contributed by atoms with Crippen molar-refractivity contribution in [1.82, 2.24) is 9.97 Å². The lowest BCUT2D eigenvalue weighted by Crippen LogP contribution is -2.21. The molecule has 7 nitrogen and oxygen atoms in total. The Balaban J connectivity index is 2.01. The predicted octanol–water partition coefficient (Wildman–Crippen LogP) is 5.10. The van der Waals surface area contributed by atoms with Gasteiger partial charge in [0.25, 0.3) is 0 Å². The van der Waals surface area contributed by atoms with Crippen LogP contribution in [0.2, 0.25) is 0 Å². The quantitative estimate of drug-likeness (QED) is 0.324. The number of aromatic nitrogens is 2. The number of benzene rings is 2. The summed E-state index contributed by atoms with van der Waals surface area (Å²) in [6.07, 6.45) is -4.42. The molecule has 2 aromatic carbocycles. The van der Waals surface area contributed by atoms with Crippen molar-refractivity contribution in [3.8, 4) is 11.5 Å². The number of nitrogens with zero attached hydrogens (tertiary/aromatic N) is 2. The molecule has 0 radical (unpaired) electrons. The molecule has 0 bridgehead atoms. The van der Waals surface area contributed by atoms with Gasteiger partial charge in [0.15, 0.2) is 11.5 Å². The lowest BCUT2D eigenvalue weighted by molar-refractivity contribution is -0.140. The van der Waals surface area contributed by atoms with Gasteiger partial charge in [0.05, 0.1) is 24.8 Å². The van der Waals surface area contributed by atoms with Crippen molar-refractivity contribution in [3.63, 3.8) is 0 Å². The van der Waals surface area contributed by atoms with Crippen LogP contribution in [0, 0.1) is 12.7 Å². The molecule has 0 aliphatic rings. The van der Waals surface area contributed by atoms with Gasteiger partial charge < -0.3 is 25.3 Å². The fourth-order valence-corrected chi connectivity index (χ4v) is 3.46. The number of nitrogens with two attached hydrogens (primary N) is 1. The number of methoxy groups -OCH3 is 2. The predicted molar refractivity (Wildman–Crippen MR) is 121 cm³/mol. The van der Waals surface area contributed by atoms with Gasteiger partial charge in [-0.1, -0.05) is 6.92 Å². The van der Waals surface area contributed by atoms with Gasteiger partial charge in [-0.15, -0.1) is 0 Å². The summed E-state index contributed by atoms with van der Waals surface area (Å²) in [6, 6.07) is 5.07. The molecule has 3 aromatic rings. The van der Waals surface area contributed by atoms with Crippen molar-refractivity contribution in [3.05, 3.63) is 47.0 Å². The molecule has 34 heavy (non-hydrogen) atoms. The SMILES string of the molecule is CCC(COC)Oc1cc2c(NCc3cc(N)cc(C(F)(F)F)c3F)nc(C)nc2cc1OC. The number of hydrogen-bond donors (Lipinski definition) is 2. The molecule has 0 fully saturated rings. The molecular formula is C23H26F4N4O3. The molecule has 1 atom stereocenters. The standard InChI is InChI=1S/C23H26F4N4O3/c1-5-15(11-32-3)34-20-8-16-18(9-19(20)33-4)30-12(2)31-22(16)29-10-13-6-14(28)7-17(21(13)24)23(25,26)27/h6-9,15H,5,10-11,28H2,1-4H3,(H,29,30,31). The number of anilines is 2. The van der Waals surface area contributed by atoms with Crippen molar-refractivity contribution >= 4 is 22.4 Å². The third-order valence-corrected chi connectivity index (χ3v) is 5.12. The van der Waals surface area contributed by atoms with Crippen LogP contribution in [0.3, 0.4) is 0 Å². The van der Waals surface area contributed by atoms with Gasteiger partial charge in [0, 0.05) is 36.4 Å². The fourth-order valence-electron chi connectivity index (χ4n) is 3.46. The lowest BCUT2D eigenvalue weighted by atomic mass is 10.1. The van der Waals surface area contributed by atoms with Crippen molar-refractivity contribution in [1.29, 1.82) is 0 Å². The highest BCUT2D eigenvalue weighted by molar-refractivity contribution is 5.91. The average Bonchev–Trinajstić information content (AvgIpc) is 2.77. The van der Waals surface area contributed by atoms with E-state index in [9.17, 15) is 17.6 Å². The van der Waals surface area contributed by atoms with Crippen LogP contribution in [0.4, 0.5) is 29.1 Å². The van der Waals surface area contributed by atoms with Crippen molar-refractivity contribution in [2.45, 2.75) is 39.1 Å². The molecule has 0 amide bonds. The second-order valence-corrected chi connectivity index (χ2v) is 7.64. The number of nitrogen functional groups attached to an aromatic ring is 1. The second-order valence-electron chi connectivity index (χ2n) is 7.64.